The van der Waals surface area contributed by atoms with E-state index in [1.54, 1.807) is 0 Å². The highest BCUT2D eigenvalue weighted by molar-refractivity contribution is 5.16. The average Bonchev–Trinajstić information content (AvgIpc) is 2.46. The monoisotopic (exact) mass is 272 g/mol. The molecule has 2 fully saturated rings. The van der Waals surface area contributed by atoms with Crippen LogP contribution in [-0.2, 0) is 6.54 Å². The molecule has 20 heavy (non-hydrogen) atoms. The molecule has 0 amide bonds. The summed E-state index contributed by atoms with van der Waals surface area (Å²) >= 11 is 0. The Balaban J connectivity index is 1.75. The molecular weight excluding hydrogens is 244 g/mol. The fourth-order valence-corrected chi connectivity index (χ4v) is 3.79. The lowest BCUT2D eigenvalue weighted by Crippen LogP contribution is -2.68. The molecular formula is C18H28N2. The van der Waals surface area contributed by atoms with Crippen LogP contribution < -0.4 is 5.32 Å². The van der Waals surface area contributed by atoms with Crippen molar-refractivity contribution in [2.45, 2.75) is 63.6 Å². The Morgan fingerprint density at radius 1 is 1.05 bits per heavy atom. The summed E-state index contributed by atoms with van der Waals surface area (Å²) < 4.78 is 0. The lowest BCUT2D eigenvalue weighted by atomic mass is 9.77. The molecule has 1 heterocycles. The summed E-state index contributed by atoms with van der Waals surface area (Å²) in [6.45, 7) is 8.14. The minimum Gasteiger partial charge on any atom is -0.308 e. The summed E-state index contributed by atoms with van der Waals surface area (Å²) in [5.41, 5.74) is 2.08. The van der Waals surface area contributed by atoms with E-state index >= 15 is 0 Å². The number of rotatable bonds is 2. The van der Waals surface area contributed by atoms with Gasteiger partial charge in [-0.05, 0) is 32.3 Å². The molecule has 110 valence electrons. The first-order chi connectivity index (χ1) is 9.60. The largest absolute Gasteiger partial charge is 0.308 e. The first-order valence-corrected chi connectivity index (χ1v) is 8.14. The number of hydrogen-bond donors (Lipinski definition) is 1. The van der Waals surface area contributed by atoms with Crippen LogP contribution in [0.1, 0.15) is 51.5 Å². The Labute approximate surface area is 123 Å². The van der Waals surface area contributed by atoms with Crippen molar-refractivity contribution in [2.24, 2.45) is 0 Å². The van der Waals surface area contributed by atoms with E-state index in [9.17, 15) is 0 Å². The predicted molar refractivity (Wildman–Crippen MR) is 84.7 cm³/mol. The van der Waals surface area contributed by atoms with Gasteiger partial charge >= 0.3 is 0 Å². The second-order valence-electron chi connectivity index (χ2n) is 7.35. The maximum Gasteiger partial charge on any atom is 0.0309 e. The Morgan fingerprint density at radius 3 is 2.45 bits per heavy atom. The van der Waals surface area contributed by atoms with Crippen LogP contribution in [0.2, 0.25) is 0 Å². The van der Waals surface area contributed by atoms with E-state index in [1.807, 2.05) is 0 Å². The van der Waals surface area contributed by atoms with E-state index in [2.05, 4.69) is 54.4 Å². The molecule has 1 saturated carbocycles. The molecule has 0 unspecified atom stereocenters. The first-order valence-electron chi connectivity index (χ1n) is 8.14. The lowest BCUT2D eigenvalue weighted by molar-refractivity contribution is 0.00485. The number of hydrogen-bond acceptors (Lipinski definition) is 2. The molecule has 1 N–H and O–H groups in total. The van der Waals surface area contributed by atoms with Gasteiger partial charge in [0.15, 0.2) is 0 Å². The Morgan fingerprint density at radius 2 is 1.75 bits per heavy atom. The zero-order valence-corrected chi connectivity index (χ0v) is 13.0. The SMILES string of the molecule is CC1(C)CNC2(CCCCC2)CN1Cc1ccccc1. The molecule has 1 aromatic carbocycles. The third-order valence-corrected chi connectivity index (χ3v) is 5.27. The first kappa shape index (κ1) is 14.1. The van der Waals surface area contributed by atoms with Crippen molar-refractivity contribution in [2.75, 3.05) is 13.1 Å². The lowest BCUT2D eigenvalue weighted by Gasteiger charge is -2.53. The van der Waals surface area contributed by atoms with Crippen LogP contribution in [0, 0.1) is 0 Å². The highest BCUT2D eigenvalue weighted by Crippen LogP contribution is 2.35. The summed E-state index contributed by atoms with van der Waals surface area (Å²) in [5.74, 6) is 0. The standard InChI is InChI=1S/C18H28N2/c1-17(2)14-19-18(11-7-4-8-12-18)15-20(17)13-16-9-5-3-6-10-16/h3,5-6,9-10,19H,4,7-8,11-15H2,1-2H3. The summed E-state index contributed by atoms with van der Waals surface area (Å²) in [5, 5.41) is 3.90. The van der Waals surface area contributed by atoms with Crippen LogP contribution in [0.5, 0.6) is 0 Å². The maximum absolute atomic E-state index is 3.90. The number of nitrogens with zero attached hydrogens (tertiary/aromatic N) is 1. The fourth-order valence-electron chi connectivity index (χ4n) is 3.79. The molecule has 1 aliphatic carbocycles. The van der Waals surface area contributed by atoms with Crippen molar-refractivity contribution in [3.8, 4) is 0 Å². The highest BCUT2D eigenvalue weighted by Gasteiger charge is 2.42. The van der Waals surface area contributed by atoms with Crippen LogP contribution in [-0.4, -0.2) is 29.1 Å². The van der Waals surface area contributed by atoms with E-state index < -0.39 is 0 Å². The molecule has 0 aromatic heterocycles. The van der Waals surface area contributed by atoms with Crippen molar-refractivity contribution in [3.05, 3.63) is 35.9 Å². The van der Waals surface area contributed by atoms with Gasteiger partial charge in [0.25, 0.3) is 0 Å². The van der Waals surface area contributed by atoms with Crippen molar-refractivity contribution in [1.82, 2.24) is 10.2 Å². The normalized spacial score (nSPS) is 25.7. The summed E-state index contributed by atoms with van der Waals surface area (Å²) in [6, 6.07) is 10.9. The summed E-state index contributed by atoms with van der Waals surface area (Å²) in [6.07, 6.45) is 6.92. The van der Waals surface area contributed by atoms with E-state index in [-0.39, 0.29) is 5.54 Å². The Hall–Kier alpha value is -0.860. The van der Waals surface area contributed by atoms with Crippen LogP contribution >= 0.6 is 0 Å². The van der Waals surface area contributed by atoms with Gasteiger partial charge in [-0.25, -0.2) is 0 Å². The highest BCUT2D eigenvalue weighted by atomic mass is 15.3. The number of piperazine rings is 1. The number of nitrogens with one attached hydrogen (secondary N) is 1. The molecule has 2 aliphatic rings. The van der Waals surface area contributed by atoms with Crippen molar-refractivity contribution in [1.29, 1.82) is 0 Å². The van der Waals surface area contributed by atoms with Gasteiger partial charge < -0.3 is 5.32 Å². The maximum atomic E-state index is 3.90. The molecule has 2 nitrogen and oxygen atoms in total. The van der Waals surface area contributed by atoms with Crippen molar-refractivity contribution >= 4 is 0 Å². The third-order valence-electron chi connectivity index (χ3n) is 5.27. The zero-order chi connectivity index (χ0) is 14.1. The molecule has 3 rings (SSSR count). The van der Waals surface area contributed by atoms with Gasteiger partial charge in [0.2, 0.25) is 0 Å². The molecule has 0 radical (unpaired) electrons. The average molecular weight is 272 g/mol. The van der Waals surface area contributed by atoms with Crippen LogP contribution in [0.15, 0.2) is 30.3 Å². The minimum atomic E-state index is 0.249. The Bertz CT molecular complexity index is 432. The van der Waals surface area contributed by atoms with Crippen molar-refractivity contribution < 1.29 is 0 Å². The number of benzene rings is 1. The molecule has 2 heteroatoms. The van der Waals surface area contributed by atoms with Gasteiger partial charge in [-0.3, -0.25) is 4.90 Å². The summed E-state index contributed by atoms with van der Waals surface area (Å²) in [4.78, 5) is 2.70. The molecule has 0 bridgehead atoms. The van der Waals surface area contributed by atoms with Crippen molar-refractivity contribution in [3.63, 3.8) is 0 Å². The zero-order valence-electron chi connectivity index (χ0n) is 13.0. The smallest absolute Gasteiger partial charge is 0.0309 e. The van der Waals surface area contributed by atoms with Gasteiger partial charge in [-0.2, -0.15) is 0 Å². The Kier molecular flexibility index (Phi) is 3.87. The minimum absolute atomic E-state index is 0.249. The third kappa shape index (κ3) is 2.91. The van der Waals surface area contributed by atoms with Gasteiger partial charge in [0.05, 0.1) is 0 Å². The second-order valence-corrected chi connectivity index (χ2v) is 7.35. The molecule has 1 saturated heterocycles. The van der Waals surface area contributed by atoms with Gasteiger partial charge in [-0.15, -0.1) is 0 Å². The van der Waals surface area contributed by atoms with Gasteiger partial charge in [0.1, 0.15) is 0 Å². The van der Waals surface area contributed by atoms with Crippen LogP contribution in [0.25, 0.3) is 0 Å². The fraction of sp³-hybridized carbons (Fsp3) is 0.667. The van der Waals surface area contributed by atoms with E-state index in [1.165, 1.54) is 44.2 Å². The topological polar surface area (TPSA) is 15.3 Å². The quantitative estimate of drug-likeness (QED) is 0.885. The van der Waals surface area contributed by atoms with E-state index in [0.29, 0.717) is 5.54 Å². The van der Waals surface area contributed by atoms with Crippen LogP contribution in [0.3, 0.4) is 0 Å². The second kappa shape index (κ2) is 5.50. The predicted octanol–water partition coefficient (Wildman–Crippen LogP) is 3.57. The van der Waals surface area contributed by atoms with E-state index in [0.717, 1.165) is 13.1 Å². The molecule has 1 aliphatic heterocycles. The van der Waals surface area contributed by atoms with E-state index in [4.69, 9.17) is 0 Å². The van der Waals surface area contributed by atoms with Gasteiger partial charge in [-0.1, -0.05) is 49.6 Å². The molecule has 1 aromatic rings. The van der Waals surface area contributed by atoms with Gasteiger partial charge in [0, 0.05) is 30.7 Å². The molecule has 1 spiro atoms. The molecule has 0 atom stereocenters. The summed E-state index contributed by atoms with van der Waals surface area (Å²) in [7, 11) is 0. The van der Waals surface area contributed by atoms with Crippen LogP contribution in [0.4, 0.5) is 0 Å².